The fourth-order valence-electron chi connectivity index (χ4n) is 8.61. The number of carbonyl (C=O) groups is 1. The smallest absolute Gasteiger partial charge is 0.167 e. The van der Waals surface area contributed by atoms with Gasteiger partial charge in [-0.15, -0.1) is 0 Å². The second kappa shape index (κ2) is 15.0. The summed E-state index contributed by atoms with van der Waals surface area (Å²) >= 11 is 0. The van der Waals surface area contributed by atoms with Gasteiger partial charge in [0.05, 0.1) is 0 Å². The van der Waals surface area contributed by atoms with Crippen LogP contribution in [0.1, 0.15) is 21.5 Å². The first-order chi connectivity index (χ1) is 28.6. The monoisotopic (exact) mass is 740 g/mol. The van der Waals surface area contributed by atoms with Gasteiger partial charge in [0.1, 0.15) is 0 Å². The van der Waals surface area contributed by atoms with Crippen molar-refractivity contribution in [3.05, 3.63) is 229 Å². The van der Waals surface area contributed by atoms with E-state index in [1.54, 1.807) is 0 Å². The predicted molar refractivity (Wildman–Crippen MR) is 243 cm³/mol. The van der Waals surface area contributed by atoms with E-state index in [1.807, 2.05) is 18.2 Å². The molecule has 9 aromatic rings. The van der Waals surface area contributed by atoms with Crippen LogP contribution in [0.4, 0.5) is 0 Å². The van der Waals surface area contributed by atoms with Gasteiger partial charge in [-0.2, -0.15) is 0 Å². The van der Waals surface area contributed by atoms with Gasteiger partial charge in [-0.3, -0.25) is 4.79 Å². The van der Waals surface area contributed by atoms with Crippen LogP contribution in [0, 0.1) is 6.92 Å². The number of benzene rings is 9. The SMILES string of the molecule is Cc1c2cc(-c3cccc(-c4cccc(-c5ccccc5)c4)c3)cc1-c1ccccc1C(=O)Cc1ccc(-c3cccc(-c4cccc(-c5ccccc5)c4)c3)cc1-2. The van der Waals surface area contributed by atoms with Gasteiger partial charge < -0.3 is 0 Å². The summed E-state index contributed by atoms with van der Waals surface area (Å²) in [5, 5.41) is 0. The molecule has 9 aromatic carbocycles. The van der Waals surface area contributed by atoms with Crippen LogP contribution in [0.3, 0.4) is 0 Å². The molecule has 0 spiro atoms. The first kappa shape index (κ1) is 35.1. The molecule has 0 unspecified atom stereocenters. The molecule has 0 atom stereocenters. The third kappa shape index (κ3) is 6.67. The molecule has 0 aromatic heterocycles. The zero-order valence-electron chi connectivity index (χ0n) is 32.3. The Morgan fingerprint density at radius 1 is 0.276 bits per heavy atom. The Hall–Kier alpha value is -7.35. The van der Waals surface area contributed by atoms with E-state index in [1.165, 1.54) is 44.5 Å². The van der Waals surface area contributed by atoms with Gasteiger partial charge in [0, 0.05) is 12.0 Å². The number of fused-ring (bicyclic) bond motifs is 6. The molecule has 58 heavy (non-hydrogen) atoms. The summed E-state index contributed by atoms with van der Waals surface area (Å²) in [6.45, 7) is 2.21. The van der Waals surface area contributed by atoms with Gasteiger partial charge in [0.15, 0.2) is 5.78 Å². The zero-order chi connectivity index (χ0) is 39.0. The zero-order valence-corrected chi connectivity index (χ0v) is 32.3. The van der Waals surface area contributed by atoms with Crippen molar-refractivity contribution in [1.82, 2.24) is 0 Å². The molecule has 0 fully saturated rings. The highest BCUT2D eigenvalue weighted by molar-refractivity contribution is 6.06. The first-order valence-corrected chi connectivity index (χ1v) is 20.0. The number of rotatable bonds is 6. The molecule has 0 amide bonds. The minimum Gasteiger partial charge on any atom is -0.294 e. The van der Waals surface area contributed by atoms with Crippen LogP contribution in [0.25, 0.3) is 89.0 Å². The van der Waals surface area contributed by atoms with Crippen molar-refractivity contribution in [1.29, 1.82) is 0 Å². The van der Waals surface area contributed by atoms with Crippen molar-refractivity contribution >= 4 is 5.78 Å². The Kier molecular flexibility index (Phi) is 9.05. The third-order valence-corrected chi connectivity index (χ3v) is 11.7. The van der Waals surface area contributed by atoms with E-state index >= 15 is 0 Å². The summed E-state index contributed by atoms with van der Waals surface area (Å²) in [6.07, 6.45) is 0.333. The summed E-state index contributed by atoms with van der Waals surface area (Å²) in [4.78, 5) is 14.2. The summed E-state index contributed by atoms with van der Waals surface area (Å²) in [7, 11) is 0. The van der Waals surface area contributed by atoms with Gasteiger partial charge in [-0.25, -0.2) is 0 Å². The van der Waals surface area contributed by atoms with Gasteiger partial charge in [0.2, 0.25) is 0 Å². The van der Waals surface area contributed by atoms with Crippen LogP contribution in [-0.4, -0.2) is 5.78 Å². The fraction of sp³-hybridized carbons (Fsp3) is 0.0351. The fourth-order valence-corrected chi connectivity index (χ4v) is 8.61. The molecular weight excluding hydrogens is 701 g/mol. The lowest BCUT2D eigenvalue weighted by molar-refractivity contribution is 0.0993. The topological polar surface area (TPSA) is 17.1 Å². The molecule has 1 nitrogen and oxygen atoms in total. The number of ketones is 1. The number of hydrogen-bond donors (Lipinski definition) is 0. The molecule has 0 aliphatic heterocycles. The number of carbonyl (C=O) groups excluding carboxylic acids is 1. The quantitative estimate of drug-likeness (QED) is 0.166. The van der Waals surface area contributed by atoms with Crippen molar-refractivity contribution in [2.24, 2.45) is 0 Å². The predicted octanol–water partition coefficient (Wildman–Crippen LogP) is 15.1. The summed E-state index contributed by atoms with van der Waals surface area (Å²) in [6, 6.07) is 75.7. The van der Waals surface area contributed by atoms with Gasteiger partial charge >= 0.3 is 0 Å². The van der Waals surface area contributed by atoms with Crippen LogP contribution < -0.4 is 0 Å². The summed E-state index contributed by atoms with van der Waals surface area (Å²) in [5.41, 5.74) is 21.3. The van der Waals surface area contributed by atoms with E-state index in [0.717, 1.165) is 61.2 Å². The standard InChI is InChI=1S/C57H40O/c1-38-54-35-51(48-25-13-23-46(33-48)44-21-11-19-42(31-44)40-16-6-3-7-17-40)36-55(38)56-34-49(28-29-50(56)37-57(58)53-27-9-8-26-52(53)54)47-24-12-22-45(32-47)43-20-10-18-41(30-43)39-14-4-2-5-15-39/h2-36H,37H2,1H3. The molecule has 0 radical (unpaired) electrons. The molecule has 0 heterocycles. The maximum atomic E-state index is 14.2. The maximum absolute atomic E-state index is 14.2. The number of Topliss-reactive ketones (excluding diaryl/α,β-unsaturated/α-hetero) is 1. The Morgan fingerprint density at radius 3 is 1.10 bits per heavy atom. The van der Waals surface area contributed by atoms with Crippen LogP contribution in [0.2, 0.25) is 0 Å². The lowest BCUT2D eigenvalue weighted by atomic mass is 9.85. The largest absolute Gasteiger partial charge is 0.294 e. The Labute approximate surface area is 340 Å². The van der Waals surface area contributed by atoms with E-state index in [0.29, 0.717) is 6.42 Å². The van der Waals surface area contributed by atoms with Crippen LogP contribution in [0.5, 0.6) is 0 Å². The minimum absolute atomic E-state index is 0.133. The minimum atomic E-state index is 0.133. The van der Waals surface area contributed by atoms with E-state index in [2.05, 4.69) is 201 Å². The second-order valence-electron chi connectivity index (χ2n) is 15.3. The Bertz CT molecular complexity index is 2990. The molecule has 10 rings (SSSR count). The first-order valence-electron chi connectivity index (χ1n) is 20.0. The van der Waals surface area contributed by atoms with Crippen molar-refractivity contribution in [3.8, 4) is 89.0 Å². The lowest BCUT2D eigenvalue weighted by Crippen LogP contribution is -2.05. The lowest BCUT2D eigenvalue weighted by Gasteiger charge is -2.18. The summed E-state index contributed by atoms with van der Waals surface area (Å²) in [5.74, 6) is 0.133. The summed E-state index contributed by atoms with van der Waals surface area (Å²) < 4.78 is 0. The highest BCUT2D eigenvalue weighted by Crippen LogP contribution is 2.43. The molecule has 0 saturated carbocycles. The van der Waals surface area contributed by atoms with Gasteiger partial charge in [0.25, 0.3) is 0 Å². The normalized spacial score (nSPS) is 11.8. The van der Waals surface area contributed by atoms with Crippen molar-refractivity contribution in [3.63, 3.8) is 0 Å². The molecule has 274 valence electrons. The maximum Gasteiger partial charge on any atom is 0.167 e. The van der Waals surface area contributed by atoms with E-state index in [4.69, 9.17) is 0 Å². The Morgan fingerprint density at radius 2 is 0.621 bits per heavy atom. The average molecular weight is 741 g/mol. The van der Waals surface area contributed by atoms with E-state index in [-0.39, 0.29) is 5.78 Å². The van der Waals surface area contributed by atoms with Gasteiger partial charge in [-0.1, -0.05) is 170 Å². The van der Waals surface area contributed by atoms with Gasteiger partial charge in [-0.05, 0) is 150 Å². The molecule has 0 saturated heterocycles. The van der Waals surface area contributed by atoms with E-state index in [9.17, 15) is 4.79 Å². The van der Waals surface area contributed by atoms with Crippen molar-refractivity contribution in [2.45, 2.75) is 13.3 Å². The average Bonchev–Trinajstić information content (AvgIpc) is 3.31. The molecular formula is C57H40O. The Balaban J connectivity index is 1.10. The van der Waals surface area contributed by atoms with Crippen molar-refractivity contribution in [2.75, 3.05) is 0 Å². The number of hydrogen-bond acceptors (Lipinski definition) is 1. The van der Waals surface area contributed by atoms with Crippen molar-refractivity contribution < 1.29 is 4.79 Å². The highest BCUT2D eigenvalue weighted by Gasteiger charge is 2.23. The van der Waals surface area contributed by atoms with E-state index < -0.39 is 0 Å². The second-order valence-corrected chi connectivity index (χ2v) is 15.3. The molecule has 1 heteroatoms. The molecule has 1 aliphatic rings. The third-order valence-electron chi connectivity index (χ3n) is 11.7. The molecule has 1 aliphatic carbocycles. The highest BCUT2D eigenvalue weighted by atomic mass is 16.1. The molecule has 2 bridgehead atoms. The van der Waals surface area contributed by atoms with Crippen LogP contribution in [0.15, 0.2) is 212 Å². The molecule has 0 N–H and O–H groups in total. The van der Waals surface area contributed by atoms with Crippen LogP contribution in [-0.2, 0) is 6.42 Å². The van der Waals surface area contributed by atoms with Crippen LogP contribution >= 0.6 is 0 Å².